The number of urea groups is 1. The molecule has 1 aliphatic heterocycles. The van der Waals surface area contributed by atoms with E-state index in [1.54, 1.807) is 4.90 Å². The summed E-state index contributed by atoms with van der Waals surface area (Å²) in [5.74, 6) is 0.962. The van der Waals surface area contributed by atoms with Gasteiger partial charge in [-0.05, 0) is 56.6 Å². The van der Waals surface area contributed by atoms with Gasteiger partial charge in [-0.3, -0.25) is 9.58 Å². The molecule has 2 amide bonds. The third-order valence-electron chi connectivity index (χ3n) is 5.77. The number of rotatable bonds is 4. The number of carbonyl (C=O) groups excluding carboxylic acids is 1. The van der Waals surface area contributed by atoms with Gasteiger partial charge in [0.15, 0.2) is 11.5 Å². The molecular formula is C21H28N6O2. The van der Waals surface area contributed by atoms with E-state index < -0.39 is 0 Å². The number of benzene rings is 1. The van der Waals surface area contributed by atoms with E-state index in [4.69, 9.17) is 4.42 Å². The van der Waals surface area contributed by atoms with Crippen molar-refractivity contribution in [3.63, 3.8) is 0 Å². The van der Waals surface area contributed by atoms with Crippen molar-refractivity contribution < 1.29 is 9.21 Å². The summed E-state index contributed by atoms with van der Waals surface area (Å²) in [5.41, 5.74) is 3.37. The molecule has 1 saturated heterocycles. The van der Waals surface area contributed by atoms with E-state index in [2.05, 4.69) is 33.4 Å². The van der Waals surface area contributed by atoms with Gasteiger partial charge in [-0.2, -0.15) is 5.10 Å². The van der Waals surface area contributed by atoms with Gasteiger partial charge in [0.25, 0.3) is 0 Å². The number of aryl methyl sites for hydroxylation is 2. The number of nitrogens with zero attached hydrogens (tertiary/aromatic N) is 5. The molecule has 8 nitrogen and oxygen atoms in total. The van der Waals surface area contributed by atoms with Crippen LogP contribution in [0.3, 0.4) is 0 Å². The average molecular weight is 396 g/mol. The van der Waals surface area contributed by atoms with Crippen LogP contribution in [0.25, 0.3) is 11.1 Å². The largest absolute Gasteiger partial charge is 0.441 e. The summed E-state index contributed by atoms with van der Waals surface area (Å²) in [7, 11) is 5.98. The van der Waals surface area contributed by atoms with E-state index in [1.807, 2.05) is 50.1 Å². The molecule has 1 aromatic carbocycles. The molecule has 4 rings (SSSR count). The number of anilines is 1. The Hall–Kier alpha value is -2.87. The molecule has 1 fully saturated rings. The molecule has 0 saturated carbocycles. The Bertz CT molecular complexity index is 1010. The third-order valence-corrected chi connectivity index (χ3v) is 5.77. The first kappa shape index (κ1) is 19.4. The Kier molecular flexibility index (Phi) is 5.27. The fourth-order valence-electron chi connectivity index (χ4n) is 4.37. The lowest BCUT2D eigenvalue weighted by Crippen LogP contribution is -2.44. The minimum atomic E-state index is -0.124. The zero-order chi connectivity index (χ0) is 20.5. The fourth-order valence-corrected chi connectivity index (χ4v) is 4.37. The lowest BCUT2D eigenvalue weighted by Gasteiger charge is -2.40. The zero-order valence-corrected chi connectivity index (χ0v) is 17.4. The molecule has 2 atom stereocenters. The molecule has 154 valence electrons. The van der Waals surface area contributed by atoms with Crippen molar-refractivity contribution in [3.8, 4) is 0 Å². The van der Waals surface area contributed by atoms with E-state index in [0.717, 1.165) is 30.5 Å². The smallest absolute Gasteiger partial charge is 0.321 e. The van der Waals surface area contributed by atoms with Gasteiger partial charge in [0.2, 0.25) is 0 Å². The highest BCUT2D eigenvalue weighted by Gasteiger charge is 2.33. The molecule has 0 unspecified atom stereocenters. The van der Waals surface area contributed by atoms with Crippen LogP contribution in [0.4, 0.5) is 10.5 Å². The standard InChI is InChI=1S/C21H28N6O2/c1-14-23-17-12-16(7-8-19(17)29-14)24-21(28)26(3)13-15-6-5-11-25(2)20(15)18-9-10-22-27(18)4/h7-10,12,15,20H,5-6,11,13H2,1-4H3,(H,24,28)/t15-,20+/m0/s1. The van der Waals surface area contributed by atoms with Gasteiger partial charge in [0.05, 0.1) is 11.7 Å². The van der Waals surface area contributed by atoms with Gasteiger partial charge >= 0.3 is 6.03 Å². The molecular weight excluding hydrogens is 368 g/mol. The lowest BCUT2D eigenvalue weighted by molar-refractivity contribution is 0.0960. The van der Waals surface area contributed by atoms with Crippen LogP contribution in [-0.2, 0) is 7.05 Å². The second kappa shape index (κ2) is 7.87. The molecule has 2 aromatic heterocycles. The quantitative estimate of drug-likeness (QED) is 0.731. The normalized spacial score (nSPS) is 20.1. The predicted octanol–water partition coefficient (Wildman–Crippen LogP) is 3.42. The van der Waals surface area contributed by atoms with Crippen LogP contribution < -0.4 is 5.32 Å². The Morgan fingerprint density at radius 2 is 2.17 bits per heavy atom. The monoisotopic (exact) mass is 396 g/mol. The highest BCUT2D eigenvalue weighted by Crippen LogP contribution is 2.35. The van der Waals surface area contributed by atoms with Crippen LogP contribution in [0.1, 0.15) is 30.5 Å². The van der Waals surface area contributed by atoms with E-state index in [1.165, 1.54) is 5.69 Å². The Labute approximate surface area is 170 Å². The second-order valence-electron chi connectivity index (χ2n) is 7.93. The Balaban J connectivity index is 1.45. The van der Waals surface area contributed by atoms with Crippen LogP contribution in [0.5, 0.6) is 0 Å². The number of piperidine rings is 1. The van der Waals surface area contributed by atoms with E-state index in [9.17, 15) is 4.79 Å². The van der Waals surface area contributed by atoms with Crippen molar-refractivity contribution in [3.05, 3.63) is 42.0 Å². The molecule has 3 heterocycles. The van der Waals surface area contributed by atoms with Gasteiger partial charge in [0.1, 0.15) is 5.52 Å². The summed E-state index contributed by atoms with van der Waals surface area (Å²) < 4.78 is 7.44. The SMILES string of the molecule is Cc1nc2cc(NC(=O)N(C)C[C@@H]3CCCN(C)[C@H]3c3ccnn3C)ccc2o1. The first-order valence-corrected chi connectivity index (χ1v) is 10.00. The van der Waals surface area contributed by atoms with Gasteiger partial charge in [-0.1, -0.05) is 0 Å². The van der Waals surface area contributed by atoms with Gasteiger partial charge < -0.3 is 14.6 Å². The maximum Gasteiger partial charge on any atom is 0.321 e. The van der Waals surface area contributed by atoms with Gasteiger partial charge in [0, 0.05) is 39.4 Å². The number of carbonyl (C=O) groups is 1. The molecule has 0 bridgehead atoms. The molecule has 8 heteroatoms. The van der Waals surface area contributed by atoms with Crippen LogP contribution >= 0.6 is 0 Å². The number of hydrogen-bond donors (Lipinski definition) is 1. The highest BCUT2D eigenvalue weighted by molar-refractivity contribution is 5.91. The number of oxazole rings is 1. The van der Waals surface area contributed by atoms with E-state index in [0.29, 0.717) is 24.0 Å². The van der Waals surface area contributed by atoms with Crippen molar-refractivity contribution in [2.75, 3.05) is 32.5 Å². The maximum absolute atomic E-state index is 12.8. The Morgan fingerprint density at radius 3 is 2.93 bits per heavy atom. The first-order chi connectivity index (χ1) is 13.9. The summed E-state index contributed by atoms with van der Waals surface area (Å²) in [5, 5.41) is 7.32. The van der Waals surface area contributed by atoms with Crippen LogP contribution in [0.15, 0.2) is 34.9 Å². The summed E-state index contributed by atoms with van der Waals surface area (Å²) in [4.78, 5) is 21.3. The molecule has 0 radical (unpaired) electrons. The van der Waals surface area contributed by atoms with Crippen LogP contribution in [-0.4, -0.2) is 57.8 Å². The minimum Gasteiger partial charge on any atom is -0.441 e. The topological polar surface area (TPSA) is 79.4 Å². The van der Waals surface area contributed by atoms with Crippen molar-refractivity contribution in [2.45, 2.75) is 25.8 Å². The fraction of sp³-hybridized carbons (Fsp3) is 0.476. The highest BCUT2D eigenvalue weighted by atomic mass is 16.3. The molecule has 3 aromatic rings. The molecule has 29 heavy (non-hydrogen) atoms. The van der Waals surface area contributed by atoms with Gasteiger partial charge in [-0.15, -0.1) is 0 Å². The molecule has 0 aliphatic carbocycles. The van der Waals surface area contributed by atoms with Crippen LogP contribution in [0, 0.1) is 12.8 Å². The number of fused-ring (bicyclic) bond motifs is 1. The summed E-state index contributed by atoms with van der Waals surface area (Å²) >= 11 is 0. The van der Waals surface area contributed by atoms with Crippen molar-refractivity contribution in [2.24, 2.45) is 13.0 Å². The average Bonchev–Trinajstić information content (AvgIpc) is 3.26. The van der Waals surface area contributed by atoms with E-state index >= 15 is 0 Å². The summed E-state index contributed by atoms with van der Waals surface area (Å²) in [6.45, 7) is 3.54. The number of nitrogens with one attached hydrogen (secondary N) is 1. The van der Waals surface area contributed by atoms with Gasteiger partial charge in [-0.25, -0.2) is 9.78 Å². The lowest BCUT2D eigenvalue weighted by atomic mass is 9.87. The molecule has 1 aliphatic rings. The van der Waals surface area contributed by atoms with Crippen molar-refractivity contribution in [1.82, 2.24) is 24.6 Å². The van der Waals surface area contributed by atoms with Crippen molar-refractivity contribution >= 4 is 22.8 Å². The second-order valence-corrected chi connectivity index (χ2v) is 7.93. The summed E-state index contributed by atoms with van der Waals surface area (Å²) in [6.07, 6.45) is 4.06. The maximum atomic E-state index is 12.8. The number of amides is 2. The predicted molar refractivity (Wildman–Crippen MR) is 112 cm³/mol. The Morgan fingerprint density at radius 1 is 1.34 bits per heavy atom. The van der Waals surface area contributed by atoms with Crippen molar-refractivity contribution in [1.29, 1.82) is 0 Å². The third kappa shape index (κ3) is 3.98. The van der Waals surface area contributed by atoms with E-state index in [-0.39, 0.29) is 12.1 Å². The number of aromatic nitrogens is 3. The zero-order valence-electron chi connectivity index (χ0n) is 17.4. The number of likely N-dealkylation sites (tertiary alicyclic amines) is 1. The summed E-state index contributed by atoms with van der Waals surface area (Å²) in [6, 6.07) is 7.71. The van der Waals surface area contributed by atoms with Crippen LogP contribution in [0.2, 0.25) is 0 Å². The molecule has 1 N–H and O–H groups in total. The minimum absolute atomic E-state index is 0.124. The first-order valence-electron chi connectivity index (χ1n) is 10.00. The molecule has 0 spiro atoms. The number of hydrogen-bond acceptors (Lipinski definition) is 5.